The van der Waals surface area contributed by atoms with E-state index in [1.165, 1.54) is 6.42 Å². The summed E-state index contributed by atoms with van der Waals surface area (Å²) in [5.74, 6) is 0.917. The Hall–Kier alpha value is -1.28. The summed E-state index contributed by atoms with van der Waals surface area (Å²) in [5.41, 5.74) is 1.12. The molecule has 0 saturated carbocycles. The van der Waals surface area contributed by atoms with Crippen molar-refractivity contribution in [3.8, 4) is 5.75 Å². The van der Waals surface area contributed by atoms with Crippen molar-refractivity contribution in [2.24, 2.45) is 0 Å². The van der Waals surface area contributed by atoms with Crippen molar-refractivity contribution in [1.29, 1.82) is 0 Å². The van der Waals surface area contributed by atoms with Crippen LogP contribution in [0.25, 0.3) is 6.08 Å². The number of hydrogen-bond acceptors (Lipinski definition) is 2. The monoisotopic (exact) mass is 204 g/mol. The Morgan fingerprint density at radius 3 is 2.67 bits per heavy atom. The van der Waals surface area contributed by atoms with Crippen LogP contribution in [0.4, 0.5) is 0 Å². The predicted octanol–water partition coefficient (Wildman–Crippen LogP) is 2.89. The molecule has 1 atom stereocenters. The Labute approximate surface area is 90.5 Å². The van der Waals surface area contributed by atoms with E-state index in [1.807, 2.05) is 30.3 Å². The lowest BCUT2D eigenvalue weighted by atomic mass is 10.1. The molecule has 0 N–H and O–H groups in total. The van der Waals surface area contributed by atoms with Crippen LogP contribution in [0.15, 0.2) is 30.8 Å². The van der Waals surface area contributed by atoms with Gasteiger partial charge in [0.1, 0.15) is 5.75 Å². The van der Waals surface area contributed by atoms with Gasteiger partial charge in [0.25, 0.3) is 0 Å². The minimum atomic E-state index is 0.428. The second-order valence-electron chi connectivity index (χ2n) is 3.69. The fourth-order valence-electron chi connectivity index (χ4n) is 1.52. The molecule has 0 aromatic heterocycles. The van der Waals surface area contributed by atoms with Gasteiger partial charge in [0, 0.05) is 13.0 Å². The Morgan fingerprint density at radius 1 is 1.40 bits per heavy atom. The molecule has 1 aromatic carbocycles. The highest BCUT2D eigenvalue weighted by Gasteiger charge is 2.17. The second-order valence-corrected chi connectivity index (χ2v) is 3.69. The van der Waals surface area contributed by atoms with Gasteiger partial charge < -0.3 is 9.47 Å². The maximum atomic E-state index is 5.60. The SMILES string of the molecule is C=Cc1ccc(OCCC2CCO2)cc1. The Kier molecular flexibility index (Phi) is 3.41. The maximum absolute atomic E-state index is 5.60. The van der Waals surface area contributed by atoms with Gasteiger partial charge in [-0.15, -0.1) is 0 Å². The molecular formula is C13H16O2. The first-order valence-electron chi connectivity index (χ1n) is 5.35. The molecule has 1 saturated heterocycles. The van der Waals surface area contributed by atoms with E-state index >= 15 is 0 Å². The molecule has 0 aliphatic carbocycles. The van der Waals surface area contributed by atoms with Gasteiger partial charge in [-0.1, -0.05) is 24.8 Å². The van der Waals surface area contributed by atoms with Crippen LogP contribution in [0.5, 0.6) is 5.75 Å². The van der Waals surface area contributed by atoms with Crippen LogP contribution in [-0.4, -0.2) is 19.3 Å². The van der Waals surface area contributed by atoms with Gasteiger partial charge in [-0.2, -0.15) is 0 Å². The summed E-state index contributed by atoms with van der Waals surface area (Å²) in [5, 5.41) is 0. The molecule has 0 bridgehead atoms. The van der Waals surface area contributed by atoms with Crippen molar-refractivity contribution in [2.45, 2.75) is 18.9 Å². The van der Waals surface area contributed by atoms with Crippen LogP contribution < -0.4 is 4.74 Å². The van der Waals surface area contributed by atoms with Crippen molar-refractivity contribution < 1.29 is 9.47 Å². The Bertz CT molecular complexity index is 312. The number of benzene rings is 1. The second kappa shape index (κ2) is 4.99. The van der Waals surface area contributed by atoms with Crippen molar-refractivity contribution in [3.05, 3.63) is 36.4 Å². The number of ether oxygens (including phenoxy) is 2. The predicted molar refractivity (Wildman–Crippen MR) is 61.0 cm³/mol. The van der Waals surface area contributed by atoms with Crippen molar-refractivity contribution in [1.82, 2.24) is 0 Å². The van der Waals surface area contributed by atoms with Gasteiger partial charge in [0.2, 0.25) is 0 Å². The fraction of sp³-hybridized carbons (Fsp3) is 0.385. The molecule has 1 fully saturated rings. The standard InChI is InChI=1S/C13H16O2/c1-2-11-3-5-12(6-4-11)14-9-7-13-8-10-15-13/h2-6,13H,1,7-10H2. The minimum Gasteiger partial charge on any atom is -0.493 e. The summed E-state index contributed by atoms with van der Waals surface area (Å²) >= 11 is 0. The third-order valence-electron chi connectivity index (χ3n) is 2.62. The molecule has 1 aromatic rings. The minimum absolute atomic E-state index is 0.428. The molecular weight excluding hydrogens is 188 g/mol. The van der Waals surface area contributed by atoms with Gasteiger partial charge in [-0.05, 0) is 24.1 Å². The van der Waals surface area contributed by atoms with E-state index in [1.54, 1.807) is 0 Å². The van der Waals surface area contributed by atoms with E-state index in [0.717, 1.165) is 30.9 Å². The summed E-state index contributed by atoms with van der Waals surface area (Å²) in [6.07, 6.45) is 4.42. The third-order valence-corrected chi connectivity index (χ3v) is 2.62. The zero-order valence-corrected chi connectivity index (χ0v) is 8.82. The quantitative estimate of drug-likeness (QED) is 0.734. The molecule has 1 aliphatic heterocycles. The lowest BCUT2D eigenvalue weighted by Crippen LogP contribution is -2.28. The topological polar surface area (TPSA) is 18.5 Å². The van der Waals surface area contributed by atoms with Gasteiger partial charge in [-0.25, -0.2) is 0 Å². The molecule has 0 spiro atoms. The Morgan fingerprint density at radius 2 is 2.13 bits per heavy atom. The first-order valence-corrected chi connectivity index (χ1v) is 5.35. The zero-order chi connectivity index (χ0) is 10.5. The molecule has 0 amide bonds. The van der Waals surface area contributed by atoms with Crippen LogP contribution in [0.2, 0.25) is 0 Å². The van der Waals surface area contributed by atoms with E-state index in [4.69, 9.17) is 9.47 Å². The molecule has 80 valence electrons. The molecule has 2 nitrogen and oxygen atoms in total. The van der Waals surface area contributed by atoms with Crippen molar-refractivity contribution >= 4 is 6.08 Å². The van der Waals surface area contributed by atoms with E-state index in [9.17, 15) is 0 Å². The van der Waals surface area contributed by atoms with Gasteiger partial charge in [-0.3, -0.25) is 0 Å². The van der Waals surface area contributed by atoms with Gasteiger partial charge in [0.15, 0.2) is 0 Å². The van der Waals surface area contributed by atoms with E-state index in [0.29, 0.717) is 6.10 Å². The van der Waals surface area contributed by atoms with Gasteiger partial charge >= 0.3 is 0 Å². The average Bonchev–Trinajstić information content (AvgIpc) is 2.23. The molecule has 2 rings (SSSR count). The summed E-state index contributed by atoms with van der Waals surface area (Å²) < 4.78 is 10.9. The van der Waals surface area contributed by atoms with Gasteiger partial charge in [0.05, 0.1) is 12.7 Å². The molecule has 0 radical (unpaired) electrons. The zero-order valence-electron chi connectivity index (χ0n) is 8.82. The highest BCUT2D eigenvalue weighted by molar-refractivity contribution is 5.48. The summed E-state index contributed by atoms with van der Waals surface area (Å²) in [4.78, 5) is 0. The number of rotatable bonds is 5. The first kappa shape index (κ1) is 10.2. The van der Waals surface area contributed by atoms with Crippen LogP contribution in [0.1, 0.15) is 18.4 Å². The molecule has 1 unspecified atom stereocenters. The maximum Gasteiger partial charge on any atom is 0.119 e. The Balaban J connectivity index is 1.74. The molecule has 1 heterocycles. The lowest BCUT2D eigenvalue weighted by Gasteiger charge is -2.26. The summed E-state index contributed by atoms with van der Waals surface area (Å²) in [6.45, 7) is 5.36. The van der Waals surface area contributed by atoms with Crippen molar-refractivity contribution in [3.63, 3.8) is 0 Å². The van der Waals surface area contributed by atoms with E-state index in [-0.39, 0.29) is 0 Å². The molecule has 15 heavy (non-hydrogen) atoms. The third kappa shape index (κ3) is 2.83. The normalized spacial score (nSPS) is 19.3. The average molecular weight is 204 g/mol. The summed E-state index contributed by atoms with van der Waals surface area (Å²) in [7, 11) is 0. The van der Waals surface area contributed by atoms with Crippen LogP contribution in [0, 0.1) is 0 Å². The lowest BCUT2D eigenvalue weighted by molar-refractivity contribution is -0.0596. The van der Waals surface area contributed by atoms with Crippen LogP contribution in [0.3, 0.4) is 0 Å². The largest absolute Gasteiger partial charge is 0.493 e. The fourth-order valence-corrected chi connectivity index (χ4v) is 1.52. The highest BCUT2D eigenvalue weighted by atomic mass is 16.5. The summed E-state index contributed by atoms with van der Waals surface area (Å²) in [6, 6.07) is 7.95. The highest BCUT2D eigenvalue weighted by Crippen LogP contribution is 2.17. The van der Waals surface area contributed by atoms with Crippen LogP contribution in [-0.2, 0) is 4.74 Å². The molecule has 2 heteroatoms. The first-order chi connectivity index (χ1) is 7.38. The van der Waals surface area contributed by atoms with Crippen molar-refractivity contribution in [2.75, 3.05) is 13.2 Å². The smallest absolute Gasteiger partial charge is 0.119 e. The van der Waals surface area contributed by atoms with E-state index < -0.39 is 0 Å². The van der Waals surface area contributed by atoms with E-state index in [2.05, 4.69) is 6.58 Å². The van der Waals surface area contributed by atoms with Crippen LogP contribution >= 0.6 is 0 Å². The molecule has 1 aliphatic rings. The number of hydrogen-bond donors (Lipinski definition) is 0.